The van der Waals surface area contributed by atoms with Crippen LogP contribution in [0.4, 0.5) is 4.79 Å². The van der Waals surface area contributed by atoms with Gasteiger partial charge in [0, 0.05) is 23.0 Å². The summed E-state index contributed by atoms with van der Waals surface area (Å²) in [5, 5.41) is 33.3. The van der Waals surface area contributed by atoms with E-state index in [-0.39, 0.29) is 30.8 Å². The van der Waals surface area contributed by atoms with E-state index < -0.39 is 24.3 Å². The zero-order valence-electron chi connectivity index (χ0n) is 15.5. The molecule has 0 aliphatic rings. The molecule has 0 radical (unpaired) electrons. The minimum atomic E-state index is -1.43. The molecule has 0 fully saturated rings. The number of aromatic carboxylic acids is 1. The van der Waals surface area contributed by atoms with Crippen molar-refractivity contribution in [1.82, 2.24) is 10.3 Å². The Bertz CT molecular complexity index is 985. The zero-order valence-corrected chi connectivity index (χ0v) is 15.5. The first-order valence-electron chi connectivity index (χ1n) is 9.12. The van der Waals surface area contributed by atoms with Gasteiger partial charge in [0.2, 0.25) is 0 Å². The molecule has 8 heteroatoms. The van der Waals surface area contributed by atoms with Crippen molar-refractivity contribution >= 4 is 23.0 Å². The minimum Gasteiger partial charge on any atom is -0.477 e. The number of nitrogens with one attached hydrogen (secondary N) is 2. The standard InChI is InChI=1S/C21H22N2O6/c24-16(10-11-22-21(28)29-12-13-6-2-1-3-7-13)19(25)17-14-8-4-5-9-15(14)23-18(17)20(26)27/h1-9,16,19,23-25H,10-12H2,(H,22,28)(H,26,27). The van der Waals surface area contributed by atoms with Crippen molar-refractivity contribution in [2.75, 3.05) is 6.54 Å². The lowest BCUT2D eigenvalue weighted by atomic mass is 9.98. The van der Waals surface area contributed by atoms with E-state index >= 15 is 0 Å². The smallest absolute Gasteiger partial charge is 0.407 e. The highest BCUT2D eigenvalue weighted by Crippen LogP contribution is 2.30. The summed E-state index contributed by atoms with van der Waals surface area (Å²) < 4.78 is 5.07. The van der Waals surface area contributed by atoms with E-state index in [0.29, 0.717) is 10.9 Å². The predicted molar refractivity (Wildman–Crippen MR) is 105 cm³/mol. The van der Waals surface area contributed by atoms with E-state index in [4.69, 9.17) is 4.74 Å². The Morgan fingerprint density at radius 2 is 1.72 bits per heavy atom. The molecule has 2 atom stereocenters. The SMILES string of the molecule is O=C(NCCC(O)C(O)c1c(C(=O)O)[nH]c2ccccc12)OCc1ccccc1. The summed E-state index contributed by atoms with van der Waals surface area (Å²) in [6.45, 7) is 0.172. The molecule has 0 bridgehead atoms. The van der Waals surface area contributed by atoms with Gasteiger partial charge in [-0.05, 0) is 18.1 Å². The molecule has 3 aromatic rings. The number of carboxylic acids is 1. The number of aromatic amines is 1. The Morgan fingerprint density at radius 3 is 2.45 bits per heavy atom. The predicted octanol–water partition coefficient (Wildman–Crippen LogP) is 2.58. The van der Waals surface area contributed by atoms with Gasteiger partial charge in [-0.1, -0.05) is 48.5 Å². The monoisotopic (exact) mass is 398 g/mol. The van der Waals surface area contributed by atoms with E-state index in [1.807, 2.05) is 30.3 Å². The summed E-state index contributed by atoms with van der Waals surface area (Å²) in [5.74, 6) is -1.23. The number of benzene rings is 2. The van der Waals surface area contributed by atoms with Crippen LogP contribution in [-0.4, -0.2) is 45.0 Å². The van der Waals surface area contributed by atoms with Crippen LogP contribution in [0.3, 0.4) is 0 Å². The van der Waals surface area contributed by atoms with Gasteiger partial charge in [-0.15, -0.1) is 0 Å². The van der Waals surface area contributed by atoms with Gasteiger partial charge in [-0.2, -0.15) is 0 Å². The number of amides is 1. The highest BCUT2D eigenvalue weighted by atomic mass is 16.5. The number of aromatic nitrogens is 1. The number of alkyl carbamates (subject to hydrolysis) is 1. The number of carboxylic acid groups (broad SMARTS) is 1. The summed E-state index contributed by atoms with van der Waals surface area (Å²) >= 11 is 0. The van der Waals surface area contributed by atoms with Crippen LogP contribution in [0.15, 0.2) is 54.6 Å². The summed E-state index contributed by atoms with van der Waals surface area (Å²) in [7, 11) is 0. The second kappa shape index (κ2) is 9.22. The van der Waals surface area contributed by atoms with Gasteiger partial charge < -0.3 is 30.4 Å². The Labute approximate surface area is 166 Å². The quantitative estimate of drug-likeness (QED) is 0.396. The molecule has 0 saturated carbocycles. The molecule has 0 saturated heterocycles. The number of aliphatic hydroxyl groups excluding tert-OH is 2. The van der Waals surface area contributed by atoms with Crippen LogP contribution in [-0.2, 0) is 11.3 Å². The molecule has 152 valence electrons. The fourth-order valence-electron chi connectivity index (χ4n) is 3.09. The van der Waals surface area contributed by atoms with Gasteiger partial charge in [0.05, 0.1) is 6.10 Å². The number of rotatable bonds is 8. The van der Waals surface area contributed by atoms with Crippen molar-refractivity contribution < 1.29 is 29.6 Å². The molecule has 1 aromatic heterocycles. The first-order valence-corrected chi connectivity index (χ1v) is 9.12. The molecule has 0 aliphatic carbocycles. The lowest BCUT2D eigenvalue weighted by Gasteiger charge is -2.18. The number of carbonyl (C=O) groups excluding carboxylic acids is 1. The number of aliphatic hydroxyl groups is 2. The van der Waals surface area contributed by atoms with Crippen LogP contribution in [0.25, 0.3) is 10.9 Å². The second-order valence-electron chi connectivity index (χ2n) is 6.55. The van der Waals surface area contributed by atoms with Gasteiger partial charge in [-0.25, -0.2) is 9.59 Å². The van der Waals surface area contributed by atoms with Gasteiger partial charge >= 0.3 is 12.1 Å². The summed E-state index contributed by atoms with van der Waals surface area (Å²) in [5.41, 5.74) is 1.34. The summed E-state index contributed by atoms with van der Waals surface area (Å²) in [4.78, 5) is 26.0. The third-order valence-corrected chi connectivity index (χ3v) is 4.54. The number of H-pyrrole nitrogens is 1. The largest absolute Gasteiger partial charge is 0.477 e. The number of carbonyl (C=O) groups is 2. The maximum absolute atomic E-state index is 11.8. The molecule has 8 nitrogen and oxygen atoms in total. The first kappa shape index (κ1) is 20.4. The molecule has 1 heterocycles. The number of ether oxygens (including phenoxy) is 1. The summed E-state index contributed by atoms with van der Waals surface area (Å²) in [6, 6.07) is 16.0. The Hall–Kier alpha value is -3.36. The molecule has 0 aliphatic heterocycles. The van der Waals surface area contributed by atoms with Crippen molar-refractivity contribution in [3.8, 4) is 0 Å². The van der Waals surface area contributed by atoms with E-state index in [2.05, 4.69) is 10.3 Å². The molecular formula is C21H22N2O6. The van der Waals surface area contributed by atoms with Crippen LogP contribution in [0.5, 0.6) is 0 Å². The molecule has 0 spiro atoms. The van der Waals surface area contributed by atoms with Crippen LogP contribution < -0.4 is 5.32 Å². The molecule has 2 unspecified atom stereocenters. The highest BCUT2D eigenvalue weighted by molar-refractivity contribution is 5.97. The Kier molecular flexibility index (Phi) is 6.48. The van der Waals surface area contributed by atoms with Crippen LogP contribution in [0.2, 0.25) is 0 Å². The molecule has 2 aromatic carbocycles. The van der Waals surface area contributed by atoms with Crippen molar-refractivity contribution in [3.63, 3.8) is 0 Å². The second-order valence-corrected chi connectivity index (χ2v) is 6.55. The number of fused-ring (bicyclic) bond motifs is 1. The molecule has 29 heavy (non-hydrogen) atoms. The van der Waals surface area contributed by atoms with Crippen LogP contribution >= 0.6 is 0 Å². The maximum atomic E-state index is 11.8. The number of hydrogen-bond donors (Lipinski definition) is 5. The van der Waals surface area contributed by atoms with Crippen molar-refractivity contribution in [2.45, 2.75) is 25.2 Å². The van der Waals surface area contributed by atoms with Crippen molar-refractivity contribution in [3.05, 3.63) is 71.4 Å². The molecule has 1 amide bonds. The van der Waals surface area contributed by atoms with Crippen LogP contribution in [0, 0.1) is 0 Å². The fraction of sp³-hybridized carbons (Fsp3) is 0.238. The third-order valence-electron chi connectivity index (χ3n) is 4.54. The first-order chi connectivity index (χ1) is 14.0. The molecule has 3 rings (SSSR count). The number of para-hydroxylation sites is 1. The maximum Gasteiger partial charge on any atom is 0.407 e. The van der Waals surface area contributed by atoms with E-state index in [1.165, 1.54) is 0 Å². The topological polar surface area (TPSA) is 132 Å². The lowest BCUT2D eigenvalue weighted by Crippen LogP contribution is -2.30. The van der Waals surface area contributed by atoms with Crippen LogP contribution in [0.1, 0.15) is 34.1 Å². The minimum absolute atomic E-state index is 0.0141. The van der Waals surface area contributed by atoms with E-state index in [1.54, 1.807) is 24.3 Å². The van der Waals surface area contributed by atoms with Crippen molar-refractivity contribution in [1.29, 1.82) is 0 Å². The lowest BCUT2D eigenvalue weighted by molar-refractivity contribution is 0.0135. The Balaban J connectivity index is 1.56. The molecular weight excluding hydrogens is 376 g/mol. The average molecular weight is 398 g/mol. The third kappa shape index (κ3) is 4.92. The highest BCUT2D eigenvalue weighted by Gasteiger charge is 2.27. The van der Waals surface area contributed by atoms with Gasteiger partial charge in [0.25, 0.3) is 0 Å². The number of hydrogen-bond acceptors (Lipinski definition) is 5. The average Bonchev–Trinajstić information content (AvgIpc) is 3.12. The fourth-order valence-corrected chi connectivity index (χ4v) is 3.09. The molecule has 5 N–H and O–H groups in total. The van der Waals surface area contributed by atoms with Gasteiger partial charge in [0.15, 0.2) is 0 Å². The summed E-state index contributed by atoms with van der Waals surface area (Å²) in [6.07, 6.45) is -3.34. The normalized spacial score (nSPS) is 13.0. The van der Waals surface area contributed by atoms with Gasteiger partial charge in [0.1, 0.15) is 18.4 Å². The van der Waals surface area contributed by atoms with Crippen molar-refractivity contribution in [2.24, 2.45) is 0 Å². The Morgan fingerprint density at radius 1 is 1.03 bits per heavy atom. The van der Waals surface area contributed by atoms with E-state index in [9.17, 15) is 24.9 Å². The van der Waals surface area contributed by atoms with Gasteiger partial charge in [-0.3, -0.25) is 0 Å². The zero-order chi connectivity index (χ0) is 20.8. The van der Waals surface area contributed by atoms with E-state index in [0.717, 1.165) is 5.56 Å².